The van der Waals surface area contributed by atoms with Crippen LogP contribution in [0.5, 0.6) is 5.75 Å². The van der Waals surface area contributed by atoms with Gasteiger partial charge in [0, 0.05) is 16.1 Å². The number of carbonyl (C=O) groups is 1. The van der Waals surface area contributed by atoms with E-state index in [2.05, 4.69) is 5.16 Å². The smallest absolute Gasteiger partial charge is 0.360 e. The van der Waals surface area contributed by atoms with Crippen LogP contribution in [-0.2, 0) is 21.0 Å². The molecule has 0 fully saturated rings. The standard InChI is InChI=1S/C18H18ClNO4/c1-12-15(19)9-6-10-16(12)24-11-13-7-4-5-8-14(13)17(20-23-3)18(21)22-2/h4-10H,11H2,1-3H3/b20-17-. The van der Waals surface area contributed by atoms with Crippen LogP contribution in [0.2, 0.25) is 5.02 Å². The first-order chi connectivity index (χ1) is 11.6. The topological polar surface area (TPSA) is 57.1 Å². The van der Waals surface area contributed by atoms with Crippen LogP contribution in [0.1, 0.15) is 16.7 Å². The Bertz CT molecular complexity index is 758. The monoisotopic (exact) mass is 347 g/mol. The van der Waals surface area contributed by atoms with Crippen molar-refractivity contribution in [2.45, 2.75) is 13.5 Å². The molecule has 0 bridgehead atoms. The lowest BCUT2D eigenvalue weighted by molar-refractivity contribution is -0.132. The third-order valence-electron chi connectivity index (χ3n) is 3.43. The molecule has 0 heterocycles. The van der Waals surface area contributed by atoms with Gasteiger partial charge in [0.25, 0.3) is 0 Å². The van der Waals surface area contributed by atoms with E-state index < -0.39 is 5.97 Å². The Morgan fingerprint density at radius 2 is 1.88 bits per heavy atom. The summed E-state index contributed by atoms with van der Waals surface area (Å²) in [6, 6.07) is 12.7. The van der Waals surface area contributed by atoms with Crippen LogP contribution < -0.4 is 4.74 Å². The zero-order valence-corrected chi connectivity index (χ0v) is 14.5. The maximum Gasteiger partial charge on any atom is 0.360 e. The second kappa shape index (κ2) is 8.36. The van der Waals surface area contributed by atoms with Crippen LogP contribution in [0.25, 0.3) is 0 Å². The van der Waals surface area contributed by atoms with Gasteiger partial charge < -0.3 is 14.3 Å². The third-order valence-corrected chi connectivity index (χ3v) is 3.84. The average Bonchev–Trinajstić information content (AvgIpc) is 2.60. The number of methoxy groups -OCH3 is 1. The Morgan fingerprint density at radius 1 is 1.12 bits per heavy atom. The third kappa shape index (κ3) is 4.06. The fourth-order valence-corrected chi connectivity index (χ4v) is 2.33. The summed E-state index contributed by atoms with van der Waals surface area (Å²) in [5, 5.41) is 4.41. The molecule has 5 nitrogen and oxygen atoms in total. The lowest BCUT2D eigenvalue weighted by Crippen LogP contribution is -2.19. The fourth-order valence-electron chi connectivity index (χ4n) is 2.16. The van der Waals surface area contributed by atoms with Gasteiger partial charge in [0.05, 0.1) is 7.11 Å². The van der Waals surface area contributed by atoms with Gasteiger partial charge in [0.2, 0.25) is 0 Å². The van der Waals surface area contributed by atoms with Gasteiger partial charge in [-0.1, -0.05) is 47.1 Å². The van der Waals surface area contributed by atoms with Crippen molar-refractivity contribution in [2.75, 3.05) is 14.2 Å². The van der Waals surface area contributed by atoms with Crippen LogP contribution in [0.4, 0.5) is 0 Å². The zero-order valence-electron chi connectivity index (χ0n) is 13.7. The lowest BCUT2D eigenvalue weighted by Gasteiger charge is -2.13. The van der Waals surface area contributed by atoms with E-state index in [1.54, 1.807) is 18.2 Å². The van der Waals surface area contributed by atoms with Crippen molar-refractivity contribution in [3.63, 3.8) is 0 Å². The van der Waals surface area contributed by atoms with Gasteiger partial charge in [-0.05, 0) is 24.6 Å². The van der Waals surface area contributed by atoms with Crippen LogP contribution in [0, 0.1) is 6.92 Å². The SMILES string of the molecule is CO/N=C(\C(=O)OC)c1ccccc1COc1cccc(Cl)c1C. The van der Waals surface area contributed by atoms with Gasteiger partial charge >= 0.3 is 5.97 Å². The van der Waals surface area contributed by atoms with E-state index in [0.717, 1.165) is 11.1 Å². The van der Waals surface area contributed by atoms with E-state index in [-0.39, 0.29) is 12.3 Å². The maximum atomic E-state index is 11.9. The number of esters is 1. The number of hydrogen-bond acceptors (Lipinski definition) is 5. The number of halogens is 1. The van der Waals surface area contributed by atoms with Crippen LogP contribution in [0.15, 0.2) is 47.6 Å². The van der Waals surface area contributed by atoms with Gasteiger partial charge in [0.1, 0.15) is 19.5 Å². The number of rotatable bonds is 6. The van der Waals surface area contributed by atoms with Crippen molar-refractivity contribution < 1.29 is 19.1 Å². The molecule has 0 aliphatic rings. The van der Waals surface area contributed by atoms with E-state index in [4.69, 9.17) is 25.9 Å². The normalized spacial score (nSPS) is 11.1. The highest BCUT2D eigenvalue weighted by atomic mass is 35.5. The molecule has 0 saturated carbocycles. The molecule has 0 atom stereocenters. The minimum atomic E-state index is -0.580. The van der Waals surface area contributed by atoms with Crippen molar-refractivity contribution in [1.82, 2.24) is 0 Å². The molecule has 0 aliphatic carbocycles. The summed E-state index contributed by atoms with van der Waals surface area (Å²) < 4.78 is 10.6. The average molecular weight is 348 g/mol. The van der Waals surface area contributed by atoms with Crippen LogP contribution in [-0.4, -0.2) is 25.9 Å². The number of oxime groups is 1. The molecule has 0 spiro atoms. The van der Waals surface area contributed by atoms with Crippen molar-refractivity contribution in [3.05, 3.63) is 64.2 Å². The molecule has 2 rings (SSSR count). The molecule has 6 heteroatoms. The van der Waals surface area contributed by atoms with E-state index in [1.165, 1.54) is 14.2 Å². The molecule has 0 unspecified atom stereocenters. The highest BCUT2D eigenvalue weighted by Crippen LogP contribution is 2.26. The molecule has 0 N–H and O–H groups in total. The molecule has 2 aromatic rings. The van der Waals surface area contributed by atoms with Crippen LogP contribution >= 0.6 is 11.6 Å². The first-order valence-corrected chi connectivity index (χ1v) is 7.62. The van der Waals surface area contributed by atoms with Gasteiger partial charge in [-0.2, -0.15) is 0 Å². The van der Waals surface area contributed by atoms with Crippen molar-refractivity contribution in [2.24, 2.45) is 5.16 Å². The molecular weight excluding hydrogens is 330 g/mol. The van der Waals surface area contributed by atoms with Crippen molar-refractivity contribution in [3.8, 4) is 5.75 Å². The number of ether oxygens (including phenoxy) is 2. The van der Waals surface area contributed by atoms with Crippen molar-refractivity contribution in [1.29, 1.82) is 0 Å². The Labute approximate surface area is 145 Å². The minimum absolute atomic E-state index is 0.0852. The molecule has 0 aliphatic heterocycles. The molecule has 0 aromatic heterocycles. The number of hydrogen-bond donors (Lipinski definition) is 0. The minimum Gasteiger partial charge on any atom is -0.489 e. The fraction of sp³-hybridized carbons (Fsp3) is 0.222. The summed E-state index contributed by atoms with van der Waals surface area (Å²) in [6.45, 7) is 2.13. The lowest BCUT2D eigenvalue weighted by atomic mass is 10.0. The summed E-state index contributed by atoms with van der Waals surface area (Å²) in [6.07, 6.45) is 0. The molecule has 0 amide bonds. The first kappa shape index (κ1) is 17.8. The summed E-state index contributed by atoms with van der Waals surface area (Å²) in [4.78, 5) is 16.7. The predicted molar refractivity (Wildman–Crippen MR) is 92.5 cm³/mol. The predicted octanol–water partition coefficient (Wildman–Crippen LogP) is 3.75. The number of benzene rings is 2. The number of carbonyl (C=O) groups excluding carboxylic acids is 1. The molecule has 24 heavy (non-hydrogen) atoms. The van der Waals surface area contributed by atoms with E-state index in [0.29, 0.717) is 16.3 Å². The molecule has 0 radical (unpaired) electrons. The van der Waals surface area contributed by atoms with E-state index in [1.807, 2.05) is 31.2 Å². The van der Waals surface area contributed by atoms with Crippen molar-refractivity contribution >= 4 is 23.3 Å². The van der Waals surface area contributed by atoms with Gasteiger partial charge in [-0.15, -0.1) is 0 Å². The summed E-state index contributed by atoms with van der Waals surface area (Å²) >= 11 is 6.10. The Balaban J connectivity index is 2.30. The Morgan fingerprint density at radius 3 is 2.58 bits per heavy atom. The Kier molecular flexibility index (Phi) is 6.21. The summed E-state index contributed by atoms with van der Waals surface area (Å²) in [5.74, 6) is 0.101. The molecule has 0 saturated heterocycles. The van der Waals surface area contributed by atoms with E-state index >= 15 is 0 Å². The second-order valence-electron chi connectivity index (χ2n) is 4.92. The molecular formula is C18H18ClNO4. The van der Waals surface area contributed by atoms with Gasteiger partial charge in [-0.25, -0.2) is 4.79 Å². The molecule has 126 valence electrons. The highest BCUT2D eigenvalue weighted by Gasteiger charge is 2.19. The zero-order chi connectivity index (χ0) is 17.5. The van der Waals surface area contributed by atoms with Gasteiger partial charge in [-0.3, -0.25) is 0 Å². The first-order valence-electron chi connectivity index (χ1n) is 7.24. The van der Waals surface area contributed by atoms with Gasteiger partial charge in [0.15, 0.2) is 5.71 Å². The van der Waals surface area contributed by atoms with E-state index in [9.17, 15) is 4.79 Å². The quantitative estimate of drug-likeness (QED) is 0.453. The highest BCUT2D eigenvalue weighted by molar-refractivity contribution is 6.43. The molecule has 2 aromatic carbocycles. The second-order valence-corrected chi connectivity index (χ2v) is 5.33. The number of nitrogens with zero attached hydrogens (tertiary/aromatic N) is 1. The largest absolute Gasteiger partial charge is 0.489 e. The summed E-state index contributed by atoms with van der Waals surface area (Å²) in [5.41, 5.74) is 2.31. The summed E-state index contributed by atoms with van der Waals surface area (Å²) in [7, 11) is 2.67. The Hall–Kier alpha value is -2.53. The maximum absolute atomic E-state index is 11.9. The van der Waals surface area contributed by atoms with Crippen LogP contribution in [0.3, 0.4) is 0 Å².